The summed E-state index contributed by atoms with van der Waals surface area (Å²) in [5, 5.41) is 3.44. The standard InChI is InChI=1S/C14H21NO2/c1-3-12-8-15-9-14(17-12)13-7-5-4-6-11(13)10-16-2/h4-7,12,14-15H,3,8-10H2,1-2H3. The van der Waals surface area contributed by atoms with Crippen LogP contribution >= 0.6 is 0 Å². The van der Waals surface area contributed by atoms with Crippen LogP contribution in [0.5, 0.6) is 0 Å². The Morgan fingerprint density at radius 2 is 2.18 bits per heavy atom. The summed E-state index contributed by atoms with van der Waals surface area (Å²) < 4.78 is 11.3. The molecule has 3 nitrogen and oxygen atoms in total. The minimum absolute atomic E-state index is 0.153. The lowest BCUT2D eigenvalue weighted by Crippen LogP contribution is -2.40. The fraction of sp³-hybridized carbons (Fsp3) is 0.571. The SMILES string of the molecule is CCC1CNCC(c2ccccc2COC)O1. The van der Waals surface area contributed by atoms with Gasteiger partial charge in [0.05, 0.1) is 18.8 Å². The van der Waals surface area contributed by atoms with Gasteiger partial charge in [0.15, 0.2) is 0 Å². The summed E-state index contributed by atoms with van der Waals surface area (Å²) in [5.74, 6) is 0. The Labute approximate surface area is 103 Å². The van der Waals surface area contributed by atoms with E-state index in [1.54, 1.807) is 7.11 Å². The van der Waals surface area contributed by atoms with E-state index in [0.717, 1.165) is 19.5 Å². The van der Waals surface area contributed by atoms with Crippen molar-refractivity contribution in [2.75, 3.05) is 20.2 Å². The molecule has 2 atom stereocenters. The molecule has 0 saturated carbocycles. The summed E-state index contributed by atoms with van der Waals surface area (Å²) in [7, 11) is 1.73. The highest BCUT2D eigenvalue weighted by atomic mass is 16.5. The van der Waals surface area contributed by atoms with Crippen molar-refractivity contribution < 1.29 is 9.47 Å². The minimum Gasteiger partial charge on any atom is -0.380 e. The maximum absolute atomic E-state index is 6.09. The van der Waals surface area contributed by atoms with Gasteiger partial charge in [-0.3, -0.25) is 0 Å². The monoisotopic (exact) mass is 235 g/mol. The zero-order valence-corrected chi connectivity index (χ0v) is 10.6. The van der Waals surface area contributed by atoms with E-state index >= 15 is 0 Å². The van der Waals surface area contributed by atoms with Crippen LogP contribution in [0, 0.1) is 0 Å². The molecule has 17 heavy (non-hydrogen) atoms. The lowest BCUT2D eigenvalue weighted by Gasteiger charge is -2.31. The number of rotatable bonds is 4. The van der Waals surface area contributed by atoms with Crippen molar-refractivity contribution in [1.29, 1.82) is 0 Å². The molecule has 1 fully saturated rings. The first kappa shape index (κ1) is 12.6. The Kier molecular flexibility index (Phi) is 4.54. The van der Waals surface area contributed by atoms with E-state index in [0.29, 0.717) is 12.7 Å². The number of morpholine rings is 1. The maximum Gasteiger partial charge on any atom is 0.0957 e. The van der Waals surface area contributed by atoms with Crippen molar-refractivity contribution in [1.82, 2.24) is 5.32 Å². The fourth-order valence-electron chi connectivity index (χ4n) is 2.26. The van der Waals surface area contributed by atoms with Gasteiger partial charge >= 0.3 is 0 Å². The molecule has 1 aromatic carbocycles. The van der Waals surface area contributed by atoms with Gasteiger partial charge in [-0.1, -0.05) is 31.2 Å². The molecular weight excluding hydrogens is 214 g/mol. The van der Waals surface area contributed by atoms with Crippen molar-refractivity contribution >= 4 is 0 Å². The Balaban J connectivity index is 2.15. The highest BCUT2D eigenvalue weighted by molar-refractivity contribution is 5.29. The average Bonchev–Trinajstić information content (AvgIpc) is 2.40. The summed E-state index contributed by atoms with van der Waals surface area (Å²) >= 11 is 0. The highest BCUT2D eigenvalue weighted by Crippen LogP contribution is 2.25. The molecule has 0 bridgehead atoms. The zero-order valence-electron chi connectivity index (χ0n) is 10.6. The number of hydrogen-bond acceptors (Lipinski definition) is 3. The third-order valence-electron chi connectivity index (χ3n) is 3.22. The molecular formula is C14H21NO2. The normalized spacial score (nSPS) is 24.8. The third kappa shape index (κ3) is 3.06. The van der Waals surface area contributed by atoms with E-state index in [1.165, 1.54) is 11.1 Å². The van der Waals surface area contributed by atoms with Crippen molar-refractivity contribution in [2.24, 2.45) is 0 Å². The molecule has 2 rings (SSSR count). The minimum atomic E-state index is 0.153. The van der Waals surface area contributed by atoms with E-state index < -0.39 is 0 Å². The second-order valence-electron chi connectivity index (χ2n) is 4.45. The molecule has 0 radical (unpaired) electrons. The van der Waals surface area contributed by atoms with Gasteiger partial charge in [0.25, 0.3) is 0 Å². The quantitative estimate of drug-likeness (QED) is 0.868. The van der Waals surface area contributed by atoms with Crippen LogP contribution in [0.3, 0.4) is 0 Å². The number of methoxy groups -OCH3 is 1. The summed E-state index contributed by atoms with van der Waals surface area (Å²) in [6, 6.07) is 8.36. The van der Waals surface area contributed by atoms with Crippen molar-refractivity contribution in [3.63, 3.8) is 0 Å². The summed E-state index contributed by atoms with van der Waals surface area (Å²) in [6.07, 6.45) is 1.53. The van der Waals surface area contributed by atoms with Gasteiger partial charge in [0, 0.05) is 20.2 Å². The number of ether oxygens (including phenoxy) is 2. The topological polar surface area (TPSA) is 30.5 Å². The first-order chi connectivity index (χ1) is 8.35. The van der Waals surface area contributed by atoms with E-state index in [1.807, 2.05) is 6.07 Å². The van der Waals surface area contributed by atoms with Crippen LogP contribution in [0.4, 0.5) is 0 Å². The first-order valence-electron chi connectivity index (χ1n) is 6.28. The van der Waals surface area contributed by atoms with Crippen molar-refractivity contribution in [3.8, 4) is 0 Å². The first-order valence-corrected chi connectivity index (χ1v) is 6.28. The van der Waals surface area contributed by atoms with Crippen LogP contribution in [0.2, 0.25) is 0 Å². The molecule has 0 amide bonds. The molecule has 1 N–H and O–H groups in total. The average molecular weight is 235 g/mol. The van der Waals surface area contributed by atoms with Crippen LogP contribution in [0.15, 0.2) is 24.3 Å². The molecule has 0 aliphatic carbocycles. The fourth-order valence-corrected chi connectivity index (χ4v) is 2.26. The number of hydrogen-bond donors (Lipinski definition) is 1. The van der Waals surface area contributed by atoms with E-state index in [2.05, 4.69) is 30.4 Å². The Bertz CT molecular complexity index is 354. The smallest absolute Gasteiger partial charge is 0.0957 e. The largest absolute Gasteiger partial charge is 0.380 e. The summed E-state index contributed by atoms with van der Waals surface area (Å²) in [4.78, 5) is 0. The lowest BCUT2D eigenvalue weighted by molar-refractivity contribution is -0.0408. The van der Waals surface area contributed by atoms with Gasteiger partial charge in [-0.15, -0.1) is 0 Å². The maximum atomic E-state index is 6.09. The molecule has 1 aromatic rings. The van der Waals surface area contributed by atoms with Crippen LogP contribution < -0.4 is 5.32 Å². The molecule has 1 aliphatic heterocycles. The number of benzene rings is 1. The Morgan fingerprint density at radius 3 is 2.94 bits per heavy atom. The number of nitrogens with one attached hydrogen (secondary N) is 1. The highest BCUT2D eigenvalue weighted by Gasteiger charge is 2.23. The second-order valence-corrected chi connectivity index (χ2v) is 4.45. The van der Waals surface area contributed by atoms with Crippen LogP contribution in [-0.2, 0) is 16.1 Å². The zero-order chi connectivity index (χ0) is 12.1. The van der Waals surface area contributed by atoms with Crippen LogP contribution in [0.1, 0.15) is 30.6 Å². The summed E-state index contributed by atoms with van der Waals surface area (Å²) in [6.45, 7) is 4.65. The van der Waals surface area contributed by atoms with Gasteiger partial charge in [0.1, 0.15) is 0 Å². The van der Waals surface area contributed by atoms with Gasteiger partial charge < -0.3 is 14.8 Å². The lowest BCUT2D eigenvalue weighted by atomic mass is 10.0. The van der Waals surface area contributed by atoms with Gasteiger partial charge in [-0.25, -0.2) is 0 Å². The molecule has 2 unspecified atom stereocenters. The molecule has 1 aliphatic rings. The Hall–Kier alpha value is -0.900. The van der Waals surface area contributed by atoms with E-state index in [4.69, 9.17) is 9.47 Å². The molecule has 1 heterocycles. The molecule has 1 saturated heterocycles. The molecule has 94 valence electrons. The van der Waals surface area contributed by atoms with E-state index in [9.17, 15) is 0 Å². The van der Waals surface area contributed by atoms with Crippen molar-refractivity contribution in [3.05, 3.63) is 35.4 Å². The van der Waals surface area contributed by atoms with Crippen molar-refractivity contribution in [2.45, 2.75) is 32.2 Å². The predicted molar refractivity (Wildman–Crippen MR) is 67.9 cm³/mol. The van der Waals surface area contributed by atoms with Gasteiger partial charge in [-0.05, 0) is 17.5 Å². The third-order valence-corrected chi connectivity index (χ3v) is 3.22. The Morgan fingerprint density at radius 1 is 1.35 bits per heavy atom. The van der Waals surface area contributed by atoms with Gasteiger partial charge in [0.2, 0.25) is 0 Å². The van der Waals surface area contributed by atoms with Crippen LogP contribution in [-0.4, -0.2) is 26.3 Å². The molecule has 0 spiro atoms. The van der Waals surface area contributed by atoms with Gasteiger partial charge in [-0.2, -0.15) is 0 Å². The van der Waals surface area contributed by atoms with Crippen LogP contribution in [0.25, 0.3) is 0 Å². The summed E-state index contributed by atoms with van der Waals surface area (Å²) in [5.41, 5.74) is 2.47. The predicted octanol–water partition coefficient (Wildman–Crippen LogP) is 2.27. The molecule has 0 aromatic heterocycles. The second kappa shape index (κ2) is 6.15. The van der Waals surface area contributed by atoms with E-state index in [-0.39, 0.29) is 6.10 Å². The molecule has 3 heteroatoms.